The van der Waals surface area contributed by atoms with Gasteiger partial charge in [-0.1, -0.05) is 30.0 Å². The number of halogens is 2. The average molecular weight is 272 g/mol. The van der Waals surface area contributed by atoms with E-state index in [0.29, 0.717) is 28.8 Å². The first kappa shape index (κ1) is 14.7. The standard InChI is InChI=1S/C12H14F2N2OS/c1-2-5-8(15)11(17)16-9-6-3-4-7-10(9)18-12(13)14/h2-4,6-8,12H,1,5,15H2,(H,16,17). The number of carbonyl (C=O) groups is 1. The van der Waals surface area contributed by atoms with E-state index in [-0.39, 0.29) is 0 Å². The maximum Gasteiger partial charge on any atom is 0.288 e. The Kier molecular flexibility index (Phi) is 5.80. The van der Waals surface area contributed by atoms with Crippen LogP contribution in [0.15, 0.2) is 41.8 Å². The Bertz CT molecular complexity index is 426. The third-order valence-electron chi connectivity index (χ3n) is 2.12. The summed E-state index contributed by atoms with van der Waals surface area (Å²) in [5, 5.41) is 2.53. The van der Waals surface area contributed by atoms with Crippen molar-refractivity contribution in [1.82, 2.24) is 0 Å². The first-order valence-electron chi connectivity index (χ1n) is 5.25. The van der Waals surface area contributed by atoms with E-state index in [0.717, 1.165) is 0 Å². The lowest BCUT2D eigenvalue weighted by Gasteiger charge is -2.13. The number of thioether (sulfide) groups is 1. The lowest BCUT2D eigenvalue weighted by Crippen LogP contribution is -2.35. The van der Waals surface area contributed by atoms with Crippen LogP contribution in [0.2, 0.25) is 0 Å². The Morgan fingerprint density at radius 2 is 2.17 bits per heavy atom. The highest BCUT2D eigenvalue weighted by molar-refractivity contribution is 7.99. The van der Waals surface area contributed by atoms with Gasteiger partial charge in [0.25, 0.3) is 5.76 Å². The van der Waals surface area contributed by atoms with E-state index in [1.54, 1.807) is 18.2 Å². The topological polar surface area (TPSA) is 55.1 Å². The number of hydrogen-bond acceptors (Lipinski definition) is 3. The maximum atomic E-state index is 12.3. The highest BCUT2D eigenvalue weighted by atomic mass is 32.2. The van der Waals surface area contributed by atoms with Crippen molar-refractivity contribution in [3.05, 3.63) is 36.9 Å². The Hall–Kier alpha value is -1.40. The fourth-order valence-corrected chi connectivity index (χ4v) is 1.88. The molecule has 1 aromatic rings. The molecule has 3 N–H and O–H groups in total. The molecule has 98 valence electrons. The lowest BCUT2D eigenvalue weighted by molar-refractivity contribution is -0.117. The molecule has 18 heavy (non-hydrogen) atoms. The summed E-state index contributed by atoms with van der Waals surface area (Å²) in [4.78, 5) is 12.0. The molecule has 0 radical (unpaired) electrons. The van der Waals surface area contributed by atoms with Crippen molar-refractivity contribution < 1.29 is 13.6 Å². The van der Waals surface area contributed by atoms with Gasteiger partial charge in [-0.25, -0.2) is 0 Å². The third kappa shape index (κ3) is 4.46. The van der Waals surface area contributed by atoms with Crippen LogP contribution in [0.4, 0.5) is 14.5 Å². The molecule has 1 rings (SSSR count). The van der Waals surface area contributed by atoms with Gasteiger partial charge in [-0.3, -0.25) is 4.79 Å². The highest BCUT2D eigenvalue weighted by Crippen LogP contribution is 2.31. The van der Waals surface area contributed by atoms with E-state index in [4.69, 9.17) is 5.73 Å². The SMILES string of the molecule is C=CCC(N)C(=O)Nc1ccccc1SC(F)F. The molecular weight excluding hydrogens is 258 g/mol. The second-order valence-corrected chi connectivity index (χ2v) is 4.53. The summed E-state index contributed by atoms with van der Waals surface area (Å²) < 4.78 is 24.7. The van der Waals surface area contributed by atoms with Crippen molar-refractivity contribution in [3.8, 4) is 0 Å². The second kappa shape index (κ2) is 7.13. The molecule has 0 saturated heterocycles. The van der Waals surface area contributed by atoms with Crippen molar-refractivity contribution in [2.45, 2.75) is 23.1 Å². The van der Waals surface area contributed by atoms with E-state index in [1.165, 1.54) is 12.1 Å². The van der Waals surface area contributed by atoms with E-state index >= 15 is 0 Å². The molecular formula is C12H14F2N2OS. The number of hydrogen-bond donors (Lipinski definition) is 2. The molecule has 0 aliphatic carbocycles. The summed E-state index contributed by atoms with van der Waals surface area (Å²) in [5.41, 5.74) is 5.93. The van der Waals surface area contributed by atoms with Crippen LogP contribution in [0, 0.1) is 0 Å². The Balaban J connectivity index is 2.77. The number of rotatable bonds is 6. The van der Waals surface area contributed by atoms with Crippen molar-refractivity contribution in [3.63, 3.8) is 0 Å². The quantitative estimate of drug-likeness (QED) is 0.618. The molecule has 0 fully saturated rings. The molecule has 0 aliphatic rings. The number of alkyl halides is 2. The summed E-state index contributed by atoms with van der Waals surface area (Å²) in [6, 6.07) is 5.63. The lowest BCUT2D eigenvalue weighted by atomic mass is 10.2. The Morgan fingerprint density at radius 1 is 1.50 bits per heavy atom. The normalized spacial score (nSPS) is 12.2. The Labute approximate surface area is 108 Å². The zero-order valence-corrected chi connectivity index (χ0v) is 10.4. The average Bonchev–Trinajstić information content (AvgIpc) is 2.31. The fraction of sp³-hybridized carbons (Fsp3) is 0.250. The molecule has 0 saturated carbocycles. The van der Waals surface area contributed by atoms with Gasteiger partial charge >= 0.3 is 0 Å². The minimum atomic E-state index is -2.54. The van der Waals surface area contributed by atoms with Crippen LogP contribution in [-0.4, -0.2) is 17.7 Å². The zero-order chi connectivity index (χ0) is 13.5. The van der Waals surface area contributed by atoms with Gasteiger partial charge in [-0.2, -0.15) is 8.78 Å². The maximum absolute atomic E-state index is 12.3. The van der Waals surface area contributed by atoms with Crippen LogP contribution in [0.3, 0.4) is 0 Å². The van der Waals surface area contributed by atoms with Crippen LogP contribution in [0.25, 0.3) is 0 Å². The molecule has 0 aliphatic heterocycles. The van der Waals surface area contributed by atoms with Crippen molar-refractivity contribution in [1.29, 1.82) is 0 Å². The summed E-state index contributed by atoms with van der Waals surface area (Å²) in [6.45, 7) is 3.48. The zero-order valence-electron chi connectivity index (χ0n) is 9.61. The number of benzene rings is 1. The minimum Gasteiger partial charge on any atom is -0.324 e. The number of anilines is 1. The minimum absolute atomic E-state index is 0.312. The molecule has 1 aromatic carbocycles. The fourth-order valence-electron chi connectivity index (χ4n) is 1.28. The molecule has 6 heteroatoms. The Morgan fingerprint density at radius 3 is 2.78 bits per heavy atom. The van der Waals surface area contributed by atoms with Gasteiger partial charge in [-0.15, -0.1) is 6.58 Å². The first-order chi connectivity index (χ1) is 8.54. The van der Waals surface area contributed by atoms with Crippen molar-refractivity contribution in [2.24, 2.45) is 5.73 Å². The van der Waals surface area contributed by atoms with E-state index in [2.05, 4.69) is 11.9 Å². The van der Waals surface area contributed by atoms with Gasteiger partial charge < -0.3 is 11.1 Å². The van der Waals surface area contributed by atoms with Gasteiger partial charge in [0.15, 0.2) is 0 Å². The number of nitrogens with one attached hydrogen (secondary N) is 1. The molecule has 0 bridgehead atoms. The van der Waals surface area contributed by atoms with Crippen LogP contribution in [0.1, 0.15) is 6.42 Å². The monoisotopic (exact) mass is 272 g/mol. The predicted octanol–water partition coefficient (Wildman–Crippen LogP) is 2.84. The van der Waals surface area contributed by atoms with Gasteiger partial charge in [0.2, 0.25) is 5.91 Å². The second-order valence-electron chi connectivity index (χ2n) is 3.49. The highest BCUT2D eigenvalue weighted by Gasteiger charge is 2.15. The summed E-state index contributed by atoms with van der Waals surface area (Å²) in [7, 11) is 0. The van der Waals surface area contributed by atoms with Gasteiger partial charge in [0, 0.05) is 4.90 Å². The summed E-state index contributed by atoms with van der Waals surface area (Å²) in [5.74, 6) is -2.96. The van der Waals surface area contributed by atoms with Crippen molar-refractivity contribution >= 4 is 23.4 Å². The molecule has 0 heterocycles. The van der Waals surface area contributed by atoms with E-state index in [9.17, 15) is 13.6 Å². The van der Waals surface area contributed by atoms with Crippen LogP contribution in [-0.2, 0) is 4.79 Å². The smallest absolute Gasteiger partial charge is 0.288 e. The molecule has 1 atom stereocenters. The van der Waals surface area contributed by atoms with E-state index < -0.39 is 17.7 Å². The van der Waals surface area contributed by atoms with Gasteiger partial charge in [0.05, 0.1) is 11.7 Å². The number of nitrogens with two attached hydrogens (primary N) is 1. The largest absolute Gasteiger partial charge is 0.324 e. The first-order valence-corrected chi connectivity index (χ1v) is 6.13. The number of amides is 1. The third-order valence-corrected chi connectivity index (χ3v) is 2.91. The summed E-state index contributed by atoms with van der Waals surface area (Å²) >= 11 is 0.383. The predicted molar refractivity (Wildman–Crippen MR) is 69.7 cm³/mol. The molecule has 1 unspecified atom stereocenters. The van der Waals surface area contributed by atoms with E-state index in [1.807, 2.05) is 0 Å². The molecule has 0 spiro atoms. The molecule has 0 aromatic heterocycles. The van der Waals surface area contributed by atoms with Crippen LogP contribution in [0.5, 0.6) is 0 Å². The summed E-state index contributed by atoms with van der Waals surface area (Å²) in [6.07, 6.45) is 1.86. The van der Waals surface area contributed by atoms with Gasteiger partial charge in [0.1, 0.15) is 0 Å². The van der Waals surface area contributed by atoms with Crippen LogP contribution >= 0.6 is 11.8 Å². The van der Waals surface area contributed by atoms with Crippen molar-refractivity contribution in [2.75, 3.05) is 5.32 Å². The number of para-hydroxylation sites is 1. The van der Waals surface area contributed by atoms with Crippen LogP contribution < -0.4 is 11.1 Å². The molecule has 3 nitrogen and oxygen atoms in total. The molecule has 1 amide bonds. The van der Waals surface area contributed by atoms with Gasteiger partial charge in [-0.05, 0) is 18.6 Å². The number of carbonyl (C=O) groups excluding carboxylic acids is 1.